The normalized spacial score (nSPS) is 15.4. The predicted molar refractivity (Wildman–Crippen MR) is 82.8 cm³/mol. The van der Waals surface area contributed by atoms with Gasteiger partial charge in [-0.05, 0) is 18.2 Å². The summed E-state index contributed by atoms with van der Waals surface area (Å²) in [4.78, 5) is 14.9. The molecule has 1 fully saturated rings. The van der Waals surface area contributed by atoms with Crippen LogP contribution in [0.25, 0.3) is 20.8 Å². The fourth-order valence-electron chi connectivity index (χ4n) is 2.24. The number of halogens is 2. The van der Waals surface area contributed by atoms with E-state index in [1.165, 1.54) is 0 Å². The van der Waals surface area contributed by atoms with Crippen LogP contribution in [0.4, 0.5) is 10.2 Å². The van der Waals surface area contributed by atoms with Crippen molar-refractivity contribution in [3.05, 3.63) is 35.7 Å². The molecule has 1 aliphatic heterocycles. The molecule has 1 aliphatic rings. The maximum absolute atomic E-state index is 12.9. The third-order valence-corrected chi connectivity index (χ3v) is 4.67. The minimum atomic E-state index is -0.729. The Morgan fingerprint density at radius 3 is 2.81 bits per heavy atom. The standard InChI is InChI=1S/C14H10ClFN4S/c15-12-3-11-10(5-17-12)19-14(21-11)8-1-2-13(18-4-8)20-6-9(16)7-20/h1-5,9H,6-7H2. The zero-order valence-corrected chi connectivity index (χ0v) is 12.4. The van der Waals surface area contributed by atoms with E-state index in [-0.39, 0.29) is 0 Å². The number of alkyl halides is 1. The van der Waals surface area contributed by atoms with Gasteiger partial charge in [0.1, 0.15) is 27.7 Å². The second-order valence-corrected chi connectivity index (χ2v) is 6.32. The predicted octanol–water partition coefficient (Wildman–Crippen LogP) is 3.56. The molecule has 3 aromatic heterocycles. The minimum absolute atomic E-state index is 0.428. The summed E-state index contributed by atoms with van der Waals surface area (Å²) >= 11 is 7.43. The minimum Gasteiger partial charge on any atom is -0.351 e. The second-order valence-electron chi connectivity index (χ2n) is 4.90. The first kappa shape index (κ1) is 12.9. The van der Waals surface area contributed by atoms with Gasteiger partial charge in [-0.1, -0.05) is 11.6 Å². The van der Waals surface area contributed by atoms with E-state index in [2.05, 4.69) is 15.0 Å². The molecule has 0 atom stereocenters. The van der Waals surface area contributed by atoms with E-state index in [1.807, 2.05) is 17.0 Å². The van der Waals surface area contributed by atoms with Gasteiger partial charge < -0.3 is 4.90 Å². The summed E-state index contributed by atoms with van der Waals surface area (Å²) in [6.45, 7) is 0.856. The number of pyridine rings is 2. The molecule has 0 aromatic carbocycles. The van der Waals surface area contributed by atoms with Gasteiger partial charge in [0, 0.05) is 11.8 Å². The fourth-order valence-corrected chi connectivity index (χ4v) is 3.43. The molecule has 0 aliphatic carbocycles. The lowest BCUT2D eigenvalue weighted by molar-refractivity contribution is 0.273. The van der Waals surface area contributed by atoms with Gasteiger partial charge in [-0.2, -0.15) is 0 Å². The van der Waals surface area contributed by atoms with Gasteiger partial charge >= 0.3 is 0 Å². The molecule has 0 spiro atoms. The Morgan fingerprint density at radius 1 is 1.24 bits per heavy atom. The molecule has 4 heterocycles. The smallest absolute Gasteiger partial charge is 0.135 e. The monoisotopic (exact) mass is 320 g/mol. The highest BCUT2D eigenvalue weighted by Gasteiger charge is 2.27. The van der Waals surface area contributed by atoms with Gasteiger partial charge in [-0.15, -0.1) is 11.3 Å². The Kier molecular flexibility index (Phi) is 3.01. The van der Waals surface area contributed by atoms with Crippen molar-refractivity contribution >= 4 is 39.0 Å². The van der Waals surface area contributed by atoms with Crippen molar-refractivity contribution in [1.82, 2.24) is 15.0 Å². The Morgan fingerprint density at radius 2 is 2.10 bits per heavy atom. The molecule has 0 amide bonds. The molecule has 0 unspecified atom stereocenters. The van der Waals surface area contributed by atoms with Crippen molar-refractivity contribution in [3.8, 4) is 10.6 Å². The van der Waals surface area contributed by atoms with E-state index in [9.17, 15) is 4.39 Å². The number of thiazole rings is 1. The number of nitrogens with zero attached hydrogens (tertiary/aromatic N) is 4. The van der Waals surface area contributed by atoms with Crippen LogP contribution in [0, 0.1) is 0 Å². The zero-order chi connectivity index (χ0) is 14.4. The molecular weight excluding hydrogens is 311 g/mol. The van der Waals surface area contributed by atoms with Gasteiger partial charge in [-0.3, -0.25) is 0 Å². The highest BCUT2D eigenvalue weighted by molar-refractivity contribution is 7.21. The lowest BCUT2D eigenvalue weighted by atomic mass is 10.2. The number of anilines is 1. The van der Waals surface area contributed by atoms with Crippen LogP contribution in [-0.4, -0.2) is 34.2 Å². The van der Waals surface area contributed by atoms with Crippen LogP contribution in [0.3, 0.4) is 0 Å². The highest BCUT2D eigenvalue weighted by atomic mass is 35.5. The molecule has 1 saturated heterocycles. The van der Waals surface area contributed by atoms with Crippen LogP contribution in [0.1, 0.15) is 0 Å². The number of aromatic nitrogens is 3. The summed E-state index contributed by atoms with van der Waals surface area (Å²) in [6.07, 6.45) is 2.71. The van der Waals surface area contributed by atoms with Crippen LogP contribution in [0.2, 0.25) is 5.15 Å². The summed E-state index contributed by atoms with van der Waals surface area (Å²) in [7, 11) is 0. The lowest BCUT2D eigenvalue weighted by Gasteiger charge is -2.35. The average Bonchev–Trinajstić information content (AvgIpc) is 2.87. The molecule has 4 rings (SSSR count). The van der Waals surface area contributed by atoms with Crippen LogP contribution in [0.15, 0.2) is 30.6 Å². The Bertz CT molecular complexity index is 798. The van der Waals surface area contributed by atoms with Crippen LogP contribution in [-0.2, 0) is 0 Å². The van der Waals surface area contributed by atoms with E-state index >= 15 is 0 Å². The summed E-state index contributed by atoms with van der Waals surface area (Å²) in [5.74, 6) is 0.804. The van der Waals surface area contributed by atoms with Crippen LogP contribution in [0.5, 0.6) is 0 Å². The largest absolute Gasteiger partial charge is 0.351 e. The molecule has 7 heteroatoms. The van der Waals surface area contributed by atoms with Crippen molar-refractivity contribution < 1.29 is 4.39 Å². The van der Waals surface area contributed by atoms with Crippen molar-refractivity contribution in [2.45, 2.75) is 6.17 Å². The number of hydrogen-bond acceptors (Lipinski definition) is 5. The first-order valence-electron chi connectivity index (χ1n) is 6.46. The summed E-state index contributed by atoms with van der Waals surface area (Å²) in [5, 5.41) is 1.34. The van der Waals surface area contributed by atoms with E-state index in [0.717, 1.165) is 26.6 Å². The van der Waals surface area contributed by atoms with Gasteiger partial charge in [-0.25, -0.2) is 19.3 Å². The van der Waals surface area contributed by atoms with E-state index in [0.29, 0.717) is 18.2 Å². The van der Waals surface area contributed by atoms with Crippen LogP contribution < -0.4 is 4.90 Å². The molecule has 0 N–H and O–H groups in total. The van der Waals surface area contributed by atoms with E-state index in [4.69, 9.17) is 11.6 Å². The Balaban J connectivity index is 1.65. The summed E-state index contributed by atoms with van der Waals surface area (Å²) < 4.78 is 13.9. The topological polar surface area (TPSA) is 41.9 Å². The lowest BCUT2D eigenvalue weighted by Crippen LogP contribution is -2.48. The van der Waals surface area contributed by atoms with E-state index < -0.39 is 6.17 Å². The molecule has 0 saturated carbocycles. The quantitative estimate of drug-likeness (QED) is 0.677. The van der Waals surface area contributed by atoms with Gasteiger partial charge in [0.05, 0.1) is 24.0 Å². The Labute approximate surface area is 129 Å². The third kappa shape index (κ3) is 2.34. The molecular formula is C14H10ClFN4S. The van der Waals surface area contributed by atoms with Gasteiger partial charge in [0.2, 0.25) is 0 Å². The second kappa shape index (κ2) is 4.89. The van der Waals surface area contributed by atoms with Crippen molar-refractivity contribution in [2.75, 3.05) is 18.0 Å². The van der Waals surface area contributed by atoms with E-state index in [1.54, 1.807) is 29.8 Å². The molecule has 21 heavy (non-hydrogen) atoms. The van der Waals surface area contributed by atoms with Crippen LogP contribution >= 0.6 is 22.9 Å². The Hall–Kier alpha value is -1.79. The van der Waals surface area contributed by atoms with Crippen molar-refractivity contribution in [2.24, 2.45) is 0 Å². The molecule has 3 aromatic rings. The molecule has 106 valence electrons. The van der Waals surface area contributed by atoms with Crippen molar-refractivity contribution in [1.29, 1.82) is 0 Å². The molecule has 0 radical (unpaired) electrons. The van der Waals surface area contributed by atoms with Crippen molar-refractivity contribution in [3.63, 3.8) is 0 Å². The number of hydrogen-bond donors (Lipinski definition) is 0. The average molecular weight is 321 g/mol. The first-order chi connectivity index (χ1) is 10.2. The third-order valence-electron chi connectivity index (χ3n) is 3.40. The number of rotatable bonds is 2. The fraction of sp³-hybridized carbons (Fsp3) is 0.214. The maximum atomic E-state index is 12.9. The maximum Gasteiger partial charge on any atom is 0.135 e. The molecule has 0 bridgehead atoms. The summed E-state index contributed by atoms with van der Waals surface area (Å²) in [5.41, 5.74) is 1.76. The summed E-state index contributed by atoms with van der Waals surface area (Å²) in [6, 6.07) is 5.67. The molecule has 4 nitrogen and oxygen atoms in total. The number of fused-ring (bicyclic) bond motifs is 1. The highest BCUT2D eigenvalue weighted by Crippen LogP contribution is 2.31. The van der Waals surface area contributed by atoms with Gasteiger partial charge in [0.15, 0.2) is 0 Å². The van der Waals surface area contributed by atoms with Gasteiger partial charge in [0.25, 0.3) is 0 Å². The SMILES string of the molecule is FC1CN(c2ccc(-c3nc4cnc(Cl)cc4s3)cn2)C1. The zero-order valence-electron chi connectivity index (χ0n) is 10.8. The first-order valence-corrected chi connectivity index (χ1v) is 7.66.